The summed E-state index contributed by atoms with van der Waals surface area (Å²) in [4.78, 5) is 21.7. The second-order valence-corrected chi connectivity index (χ2v) is 3.22. The lowest BCUT2D eigenvalue weighted by molar-refractivity contribution is -0.138. The Morgan fingerprint density at radius 2 is 2.19 bits per heavy atom. The number of carbonyl (C=O) groups excluding carboxylic acids is 1. The van der Waals surface area contributed by atoms with Gasteiger partial charge in [0.1, 0.15) is 11.8 Å². The Kier molecular flexibility index (Phi) is 4.02. The molecule has 0 saturated carbocycles. The van der Waals surface area contributed by atoms with Crippen LogP contribution < -0.4 is 10.5 Å². The zero-order valence-corrected chi connectivity index (χ0v) is 8.84. The third-order valence-corrected chi connectivity index (χ3v) is 2.00. The van der Waals surface area contributed by atoms with Crippen molar-refractivity contribution in [2.45, 2.75) is 19.4 Å². The summed E-state index contributed by atoms with van der Waals surface area (Å²) in [5.74, 6) is -1.19. The molecule has 0 saturated heterocycles. The molecule has 1 aromatic carbocycles. The van der Waals surface area contributed by atoms with Gasteiger partial charge in [-0.25, -0.2) is 0 Å². The third kappa shape index (κ3) is 3.06. The first-order valence-electron chi connectivity index (χ1n) is 4.83. The van der Waals surface area contributed by atoms with Crippen molar-refractivity contribution in [3.8, 4) is 5.75 Å². The van der Waals surface area contributed by atoms with E-state index in [2.05, 4.69) is 0 Å². The van der Waals surface area contributed by atoms with Crippen molar-refractivity contribution < 1.29 is 19.4 Å². The molecule has 16 heavy (non-hydrogen) atoms. The van der Waals surface area contributed by atoms with E-state index >= 15 is 0 Å². The maximum atomic E-state index is 11.0. The van der Waals surface area contributed by atoms with Gasteiger partial charge < -0.3 is 15.6 Å². The molecule has 0 bridgehead atoms. The molecule has 1 aromatic rings. The van der Waals surface area contributed by atoms with Gasteiger partial charge in [0.15, 0.2) is 0 Å². The van der Waals surface area contributed by atoms with Crippen LogP contribution in [0.3, 0.4) is 0 Å². The number of carboxylic acids is 1. The van der Waals surface area contributed by atoms with Crippen LogP contribution in [0.4, 0.5) is 0 Å². The highest BCUT2D eigenvalue weighted by Crippen LogP contribution is 2.18. The maximum absolute atomic E-state index is 11.0. The summed E-state index contributed by atoms with van der Waals surface area (Å²) in [7, 11) is 0. The molecular formula is C11H13NO4. The van der Waals surface area contributed by atoms with Crippen molar-refractivity contribution in [3.63, 3.8) is 0 Å². The standard InChI is InChI=1S/C11H13NO4/c1-2-9(13)16-8-5-3-4-7(6-8)10(12)11(14)15/h3-6,10H,2,12H2,1H3,(H,14,15). The van der Waals surface area contributed by atoms with Crippen LogP contribution in [0.25, 0.3) is 0 Å². The summed E-state index contributed by atoms with van der Waals surface area (Å²) in [6.45, 7) is 1.68. The van der Waals surface area contributed by atoms with Crippen LogP contribution in [0.1, 0.15) is 24.9 Å². The first-order chi connectivity index (χ1) is 7.54. The van der Waals surface area contributed by atoms with Gasteiger partial charge >= 0.3 is 11.9 Å². The Labute approximate surface area is 92.8 Å². The number of aliphatic carboxylic acids is 1. The van der Waals surface area contributed by atoms with Crippen LogP contribution in [0, 0.1) is 0 Å². The molecule has 0 spiro atoms. The first-order valence-corrected chi connectivity index (χ1v) is 4.83. The summed E-state index contributed by atoms with van der Waals surface area (Å²) >= 11 is 0. The smallest absolute Gasteiger partial charge is 0.325 e. The topological polar surface area (TPSA) is 89.6 Å². The Hall–Kier alpha value is -1.88. The summed E-state index contributed by atoms with van der Waals surface area (Å²) in [6, 6.07) is 5.08. The second kappa shape index (κ2) is 5.27. The van der Waals surface area contributed by atoms with Gasteiger partial charge in [-0.3, -0.25) is 9.59 Å². The number of nitrogens with two attached hydrogens (primary N) is 1. The van der Waals surface area contributed by atoms with E-state index in [1.54, 1.807) is 25.1 Å². The molecule has 0 aliphatic rings. The van der Waals surface area contributed by atoms with E-state index in [1.165, 1.54) is 6.07 Å². The number of esters is 1. The van der Waals surface area contributed by atoms with Crippen molar-refractivity contribution in [2.24, 2.45) is 5.73 Å². The van der Waals surface area contributed by atoms with E-state index in [9.17, 15) is 9.59 Å². The Morgan fingerprint density at radius 3 is 2.75 bits per heavy atom. The number of carboxylic acid groups (broad SMARTS) is 1. The maximum Gasteiger partial charge on any atom is 0.325 e. The number of benzene rings is 1. The lowest BCUT2D eigenvalue weighted by Crippen LogP contribution is -2.20. The normalized spacial score (nSPS) is 11.9. The minimum atomic E-state index is -1.13. The lowest BCUT2D eigenvalue weighted by Gasteiger charge is -2.08. The highest BCUT2D eigenvalue weighted by atomic mass is 16.5. The third-order valence-electron chi connectivity index (χ3n) is 2.00. The lowest BCUT2D eigenvalue weighted by atomic mass is 10.1. The average molecular weight is 223 g/mol. The fraction of sp³-hybridized carbons (Fsp3) is 0.273. The van der Waals surface area contributed by atoms with Crippen molar-refractivity contribution >= 4 is 11.9 Å². The fourth-order valence-electron chi connectivity index (χ4n) is 1.12. The van der Waals surface area contributed by atoms with Gasteiger partial charge in [0.25, 0.3) is 0 Å². The van der Waals surface area contributed by atoms with Gasteiger partial charge in [-0.1, -0.05) is 19.1 Å². The molecule has 0 aliphatic carbocycles. The summed E-state index contributed by atoms with van der Waals surface area (Å²) in [6.07, 6.45) is 0.259. The van der Waals surface area contributed by atoms with Gasteiger partial charge in [-0.05, 0) is 17.7 Å². The minimum Gasteiger partial charge on any atom is -0.480 e. The van der Waals surface area contributed by atoms with E-state index in [1.807, 2.05) is 0 Å². The summed E-state index contributed by atoms with van der Waals surface area (Å²) < 4.78 is 4.95. The van der Waals surface area contributed by atoms with Crippen molar-refractivity contribution in [2.75, 3.05) is 0 Å². The van der Waals surface area contributed by atoms with Gasteiger partial charge in [0.05, 0.1) is 0 Å². The zero-order valence-electron chi connectivity index (χ0n) is 8.84. The van der Waals surface area contributed by atoms with Crippen LogP contribution in [0.15, 0.2) is 24.3 Å². The molecule has 86 valence electrons. The molecular weight excluding hydrogens is 210 g/mol. The van der Waals surface area contributed by atoms with Gasteiger partial charge in [0, 0.05) is 6.42 Å². The Balaban J connectivity index is 2.86. The average Bonchev–Trinajstić information content (AvgIpc) is 2.28. The molecule has 0 fully saturated rings. The van der Waals surface area contributed by atoms with E-state index < -0.39 is 12.0 Å². The molecule has 1 atom stereocenters. The number of ether oxygens (including phenoxy) is 1. The summed E-state index contributed by atoms with van der Waals surface area (Å²) in [5, 5.41) is 8.72. The molecule has 1 rings (SSSR count). The number of hydrogen-bond donors (Lipinski definition) is 2. The van der Waals surface area contributed by atoms with E-state index in [0.717, 1.165) is 0 Å². The molecule has 5 nitrogen and oxygen atoms in total. The van der Waals surface area contributed by atoms with E-state index in [4.69, 9.17) is 15.6 Å². The zero-order chi connectivity index (χ0) is 12.1. The first kappa shape index (κ1) is 12.2. The Bertz CT molecular complexity index is 403. The molecule has 5 heteroatoms. The van der Waals surface area contributed by atoms with Crippen molar-refractivity contribution in [1.29, 1.82) is 0 Å². The van der Waals surface area contributed by atoms with Crippen molar-refractivity contribution in [1.82, 2.24) is 0 Å². The molecule has 0 radical (unpaired) electrons. The van der Waals surface area contributed by atoms with Crippen LogP contribution in [-0.2, 0) is 9.59 Å². The van der Waals surface area contributed by atoms with Crippen LogP contribution in [0.2, 0.25) is 0 Å². The number of hydrogen-bond acceptors (Lipinski definition) is 4. The predicted octanol–water partition coefficient (Wildman–Crippen LogP) is 1.09. The molecule has 0 aliphatic heterocycles. The SMILES string of the molecule is CCC(=O)Oc1cccc(C(N)C(=O)O)c1. The van der Waals surface area contributed by atoms with E-state index in [-0.39, 0.29) is 12.4 Å². The monoisotopic (exact) mass is 223 g/mol. The number of carbonyl (C=O) groups is 2. The largest absolute Gasteiger partial charge is 0.480 e. The van der Waals surface area contributed by atoms with E-state index in [0.29, 0.717) is 11.3 Å². The molecule has 0 amide bonds. The predicted molar refractivity (Wildman–Crippen MR) is 56.9 cm³/mol. The van der Waals surface area contributed by atoms with Crippen molar-refractivity contribution in [3.05, 3.63) is 29.8 Å². The van der Waals surface area contributed by atoms with Gasteiger partial charge in [0.2, 0.25) is 0 Å². The second-order valence-electron chi connectivity index (χ2n) is 3.22. The highest BCUT2D eigenvalue weighted by molar-refractivity contribution is 5.76. The quantitative estimate of drug-likeness (QED) is 0.589. The number of rotatable bonds is 4. The molecule has 1 unspecified atom stereocenters. The van der Waals surface area contributed by atoms with Crippen LogP contribution in [0.5, 0.6) is 5.75 Å². The van der Waals surface area contributed by atoms with Crippen LogP contribution >= 0.6 is 0 Å². The van der Waals surface area contributed by atoms with Gasteiger partial charge in [-0.15, -0.1) is 0 Å². The molecule has 3 N–H and O–H groups in total. The Morgan fingerprint density at radius 1 is 1.50 bits per heavy atom. The van der Waals surface area contributed by atoms with Gasteiger partial charge in [-0.2, -0.15) is 0 Å². The van der Waals surface area contributed by atoms with Crippen LogP contribution in [-0.4, -0.2) is 17.0 Å². The fourth-order valence-corrected chi connectivity index (χ4v) is 1.12. The molecule has 0 aromatic heterocycles. The minimum absolute atomic E-state index is 0.259. The molecule has 0 heterocycles. The summed E-state index contributed by atoms with van der Waals surface area (Å²) in [5.41, 5.74) is 5.83. The highest BCUT2D eigenvalue weighted by Gasteiger charge is 2.14.